The first kappa shape index (κ1) is 18.9. The van der Waals surface area contributed by atoms with Gasteiger partial charge in [0.15, 0.2) is 5.78 Å². The lowest BCUT2D eigenvalue weighted by atomic mass is 10.1. The van der Waals surface area contributed by atoms with E-state index in [0.717, 1.165) is 5.56 Å². The molecule has 0 spiro atoms. The summed E-state index contributed by atoms with van der Waals surface area (Å²) in [5.74, 6) is -0.0445. The van der Waals surface area contributed by atoms with Crippen LogP contribution in [0, 0.1) is 0 Å². The van der Waals surface area contributed by atoms with Gasteiger partial charge < -0.3 is 9.47 Å². The Hall–Kier alpha value is -2.89. The predicted molar refractivity (Wildman–Crippen MR) is 107 cm³/mol. The molecule has 0 saturated heterocycles. The average molecular weight is 399 g/mol. The van der Waals surface area contributed by atoms with Crippen LogP contribution in [-0.2, 0) is 0 Å². The first-order valence-corrected chi connectivity index (χ1v) is 9.25. The molecule has 1 heterocycles. The van der Waals surface area contributed by atoms with Crippen molar-refractivity contribution in [2.75, 3.05) is 7.11 Å². The maximum absolute atomic E-state index is 12.7. The van der Waals surface area contributed by atoms with Crippen LogP contribution in [0.5, 0.6) is 11.5 Å². The first-order chi connectivity index (χ1) is 13.1. The van der Waals surface area contributed by atoms with Crippen molar-refractivity contribution >= 4 is 40.8 Å². The van der Waals surface area contributed by atoms with Crippen LogP contribution in [0.2, 0.25) is 5.02 Å². The normalized spacial score (nSPS) is 10.7. The number of para-hydroxylation sites is 1. The van der Waals surface area contributed by atoms with Gasteiger partial charge in [0.1, 0.15) is 16.4 Å². The number of halogens is 1. The molecule has 136 valence electrons. The summed E-state index contributed by atoms with van der Waals surface area (Å²) in [6, 6.07) is 15.3. The number of benzene rings is 2. The zero-order chi connectivity index (χ0) is 19.2. The van der Waals surface area contributed by atoms with Gasteiger partial charge in [-0.15, -0.1) is 11.3 Å². The monoisotopic (exact) mass is 398 g/mol. The molecular formula is C21H15ClO4S. The third kappa shape index (κ3) is 4.64. The van der Waals surface area contributed by atoms with Gasteiger partial charge >= 0.3 is 5.97 Å². The highest BCUT2D eigenvalue weighted by Crippen LogP contribution is 2.26. The summed E-state index contributed by atoms with van der Waals surface area (Å²) in [7, 11) is 1.56. The summed E-state index contributed by atoms with van der Waals surface area (Å²) in [6.07, 6.45) is 3.04. The molecule has 0 N–H and O–H groups in total. The lowest BCUT2D eigenvalue weighted by Gasteiger charge is -2.08. The summed E-state index contributed by atoms with van der Waals surface area (Å²) >= 11 is 7.29. The number of hydrogen-bond acceptors (Lipinski definition) is 5. The van der Waals surface area contributed by atoms with E-state index >= 15 is 0 Å². The number of carbonyl (C=O) groups excluding carboxylic acids is 2. The highest BCUT2D eigenvalue weighted by Gasteiger charge is 2.16. The second-order valence-electron chi connectivity index (χ2n) is 5.45. The SMILES string of the molecule is COc1ccccc1/C=C/C(=O)c1cc(Cl)ccc1OC(=O)c1cccs1. The summed E-state index contributed by atoms with van der Waals surface area (Å²) in [5, 5.41) is 2.15. The van der Waals surface area contributed by atoms with E-state index in [1.54, 1.807) is 42.8 Å². The number of allylic oxidation sites excluding steroid dienone is 1. The Bertz CT molecular complexity index is 993. The molecule has 6 heteroatoms. The number of ketones is 1. The molecule has 1 aromatic heterocycles. The molecule has 3 rings (SSSR count). The molecule has 27 heavy (non-hydrogen) atoms. The van der Waals surface area contributed by atoms with E-state index in [1.165, 1.54) is 29.5 Å². The van der Waals surface area contributed by atoms with Crippen molar-refractivity contribution in [2.45, 2.75) is 0 Å². The molecule has 0 radical (unpaired) electrons. The fourth-order valence-corrected chi connectivity index (χ4v) is 3.16. The van der Waals surface area contributed by atoms with Gasteiger partial charge in [0.25, 0.3) is 0 Å². The zero-order valence-corrected chi connectivity index (χ0v) is 15.9. The number of rotatable bonds is 6. The van der Waals surface area contributed by atoms with E-state index < -0.39 is 5.97 Å². The molecule has 0 amide bonds. The molecule has 0 atom stereocenters. The molecule has 0 aliphatic heterocycles. The van der Waals surface area contributed by atoms with Crippen LogP contribution in [0.25, 0.3) is 6.08 Å². The van der Waals surface area contributed by atoms with Crippen LogP contribution in [0.4, 0.5) is 0 Å². The Morgan fingerprint density at radius 3 is 2.59 bits per heavy atom. The van der Waals surface area contributed by atoms with Crippen LogP contribution in [0.15, 0.2) is 66.1 Å². The van der Waals surface area contributed by atoms with Crippen molar-refractivity contribution in [3.05, 3.63) is 87.1 Å². The van der Waals surface area contributed by atoms with Crippen LogP contribution in [0.3, 0.4) is 0 Å². The standard InChI is InChI=1S/C21H15ClO4S/c1-25-18-6-3-2-5-14(18)8-10-17(23)16-13-15(22)9-11-19(16)26-21(24)20-7-4-12-27-20/h2-13H,1H3/b10-8+. The average Bonchev–Trinajstić information content (AvgIpc) is 3.22. The summed E-state index contributed by atoms with van der Waals surface area (Å²) in [4.78, 5) is 25.3. The van der Waals surface area contributed by atoms with Crippen molar-refractivity contribution in [3.63, 3.8) is 0 Å². The molecule has 0 aliphatic rings. The Labute approximate surface area is 165 Å². The number of thiophene rings is 1. The fraction of sp³-hybridized carbons (Fsp3) is 0.0476. The number of esters is 1. The van der Waals surface area contributed by atoms with Gasteiger partial charge in [-0.3, -0.25) is 4.79 Å². The molecule has 0 aliphatic carbocycles. The Balaban J connectivity index is 1.86. The highest BCUT2D eigenvalue weighted by atomic mass is 35.5. The number of methoxy groups -OCH3 is 1. The summed E-state index contributed by atoms with van der Waals surface area (Å²) in [5.41, 5.74) is 0.964. The summed E-state index contributed by atoms with van der Waals surface area (Å²) in [6.45, 7) is 0. The van der Waals surface area contributed by atoms with Crippen LogP contribution in [-0.4, -0.2) is 18.9 Å². The minimum atomic E-state index is -0.518. The van der Waals surface area contributed by atoms with Crippen molar-refractivity contribution < 1.29 is 19.1 Å². The molecule has 2 aromatic carbocycles. The number of carbonyl (C=O) groups is 2. The maximum Gasteiger partial charge on any atom is 0.353 e. The largest absolute Gasteiger partial charge is 0.496 e. The van der Waals surface area contributed by atoms with Crippen LogP contribution >= 0.6 is 22.9 Å². The second kappa shape index (κ2) is 8.66. The molecular weight excluding hydrogens is 384 g/mol. The molecule has 3 aromatic rings. The van der Waals surface area contributed by atoms with E-state index in [1.807, 2.05) is 18.2 Å². The van der Waals surface area contributed by atoms with E-state index in [0.29, 0.717) is 15.6 Å². The Kier molecular flexibility index (Phi) is 6.06. The van der Waals surface area contributed by atoms with Crippen molar-refractivity contribution in [2.24, 2.45) is 0 Å². The fourth-order valence-electron chi connectivity index (χ4n) is 2.39. The third-order valence-electron chi connectivity index (χ3n) is 3.69. The predicted octanol–water partition coefficient (Wildman–Crippen LogP) is 5.53. The molecule has 4 nitrogen and oxygen atoms in total. The van der Waals surface area contributed by atoms with Crippen molar-refractivity contribution in [1.82, 2.24) is 0 Å². The third-order valence-corrected chi connectivity index (χ3v) is 4.77. The minimum absolute atomic E-state index is 0.160. The molecule has 0 bridgehead atoms. The van der Waals surface area contributed by atoms with Gasteiger partial charge in [0.2, 0.25) is 0 Å². The van der Waals surface area contributed by atoms with Gasteiger partial charge in [0.05, 0.1) is 12.7 Å². The van der Waals surface area contributed by atoms with Crippen LogP contribution in [0.1, 0.15) is 25.6 Å². The van der Waals surface area contributed by atoms with Gasteiger partial charge in [-0.2, -0.15) is 0 Å². The lowest BCUT2D eigenvalue weighted by Crippen LogP contribution is -2.09. The van der Waals surface area contributed by atoms with Crippen LogP contribution < -0.4 is 9.47 Å². The van der Waals surface area contributed by atoms with Gasteiger partial charge in [-0.1, -0.05) is 35.9 Å². The highest BCUT2D eigenvalue weighted by molar-refractivity contribution is 7.12. The quantitative estimate of drug-likeness (QED) is 0.237. The van der Waals surface area contributed by atoms with Gasteiger partial charge in [-0.05, 0) is 47.9 Å². The maximum atomic E-state index is 12.7. The zero-order valence-electron chi connectivity index (χ0n) is 14.3. The lowest BCUT2D eigenvalue weighted by molar-refractivity contribution is 0.0738. The van der Waals surface area contributed by atoms with Crippen molar-refractivity contribution in [3.8, 4) is 11.5 Å². The topological polar surface area (TPSA) is 52.6 Å². The van der Waals surface area contributed by atoms with E-state index in [9.17, 15) is 9.59 Å². The van der Waals surface area contributed by atoms with Crippen molar-refractivity contribution in [1.29, 1.82) is 0 Å². The number of ether oxygens (including phenoxy) is 2. The first-order valence-electron chi connectivity index (χ1n) is 7.99. The van der Waals surface area contributed by atoms with E-state index in [-0.39, 0.29) is 17.1 Å². The van der Waals surface area contributed by atoms with Gasteiger partial charge in [0, 0.05) is 10.6 Å². The molecule has 0 fully saturated rings. The smallest absolute Gasteiger partial charge is 0.353 e. The van der Waals surface area contributed by atoms with E-state index in [4.69, 9.17) is 21.1 Å². The number of hydrogen-bond donors (Lipinski definition) is 0. The van der Waals surface area contributed by atoms with Gasteiger partial charge in [-0.25, -0.2) is 4.79 Å². The van der Waals surface area contributed by atoms with E-state index in [2.05, 4.69) is 0 Å². The Morgan fingerprint density at radius 2 is 1.85 bits per heavy atom. The second-order valence-corrected chi connectivity index (χ2v) is 6.83. The minimum Gasteiger partial charge on any atom is -0.496 e. The summed E-state index contributed by atoms with van der Waals surface area (Å²) < 4.78 is 10.7. The molecule has 0 saturated carbocycles. The Morgan fingerprint density at radius 1 is 1.04 bits per heavy atom. The molecule has 0 unspecified atom stereocenters.